The molecule has 1 N–H and O–H groups in total. The van der Waals surface area contributed by atoms with E-state index in [1.54, 1.807) is 7.11 Å². The second-order valence-electron chi connectivity index (χ2n) is 4.46. The first-order valence-corrected chi connectivity index (χ1v) is 8.05. The molecule has 102 valence electrons. The molecule has 0 saturated carbocycles. The highest BCUT2D eigenvalue weighted by atomic mass is 32.2. The fourth-order valence-electron chi connectivity index (χ4n) is 2.12. The summed E-state index contributed by atoms with van der Waals surface area (Å²) in [5, 5.41) is 3.30. The van der Waals surface area contributed by atoms with Gasteiger partial charge in [0.15, 0.2) is 9.84 Å². The highest BCUT2D eigenvalue weighted by Crippen LogP contribution is 2.09. The molecule has 1 fully saturated rings. The van der Waals surface area contributed by atoms with Crippen LogP contribution < -0.4 is 5.32 Å². The molecule has 0 radical (unpaired) electrons. The highest BCUT2D eigenvalue weighted by Gasteiger charge is 2.24. The second-order valence-corrected chi connectivity index (χ2v) is 6.76. The van der Waals surface area contributed by atoms with E-state index in [0.29, 0.717) is 18.9 Å². The van der Waals surface area contributed by atoms with Crippen molar-refractivity contribution in [2.45, 2.75) is 19.4 Å². The lowest BCUT2D eigenvalue weighted by molar-refractivity contribution is 0.0943. The molecule has 6 heteroatoms. The van der Waals surface area contributed by atoms with Gasteiger partial charge >= 0.3 is 0 Å². The second kappa shape index (κ2) is 7.31. The molecule has 0 spiro atoms. The minimum atomic E-state index is -2.82. The van der Waals surface area contributed by atoms with Crippen LogP contribution in [0.5, 0.6) is 0 Å². The molecule has 17 heavy (non-hydrogen) atoms. The third-order valence-electron chi connectivity index (χ3n) is 3.10. The summed E-state index contributed by atoms with van der Waals surface area (Å²) in [4.78, 5) is 2.23. The van der Waals surface area contributed by atoms with Crippen molar-refractivity contribution in [2.75, 3.05) is 51.4 Å². The lowest BCUT2D eigenvalue weighted by Crippen LogP contribution is -2.46. The Labute approximate surface area is 104 Å². The number of rotatable bonds is 6. The maximum Gasteiger partial charge on any atom is 0.151 e. The van der Waals surface area contributed by atoms with Gasteiger partial charge in [-0.1, -0.05) is 6.92 Å². The lowest BCUT2D eigenvalue weighted by Gasteiger charge is -2.29. The molecule has 0 aromatic carbocycles. The van der Waals surface area contributed by atoms with Crippen LogP contribution in [0.3, 0.4) is 0 Å². The molecule has 1 rings (SSSR count). The topological polar surface area (TPSA) is 58.6 Å². The van der Waals surface area contributed by atoms with Gasteiger partial charge in [-0.3, -0.25) is 4.90 Å². The van der Waals surface area contributed by atoms with E-state index in [4.69, 9.17) is 4.74 Å². The van der Waals surface area contributed by atoms with Gasteiger partial charge in [0.2, 0.25) is 0 Å². The zero-order chi connectivity index (χ0) is 12.7. The maximum atomic E-state index is 11.5. The van der Waals surface area contributed by atoms with Gasteiger partial charge in [-0.05, 0) is 19.5 Å². The van der Waals surface area contributed by atoms with Crippen LogP contribution in [0.4, 0.5) is 0 Å². The van der Waals surface area contributed by atoms with Gasteiger partial charge in [0.1, 0.15) is 0 Å². The van der Waals surface area contributed by atoms with Gasteiger partial charge in [0.25, 0.3) is 0 Å². The van der Waals surface area contributed by atoms with Gasteiger partial charge in [-0.25, -0.2) is 8.42 Å². The van der Waals surface area contributed by atoms with Crippen LogP contribution in [-0.2, 0) is 14.6 Å². The Balaban J connectivity index is 2.54. The summed E-state index contributed by atoms with van der Waals surface area (Å²) in [6.07, 6.45) is 0.731. The number of sulfone groups is 1. The third kappa shape index (κ3) is 5.33. The monoisotopic (exact) mass is 264 g/mol. The Bertz CT molecular complexity index is 306. The van der Waals surface area contributed by atoms with E-state index >= 15 is 0 Å². The fourth-order valence-corrected chi connectivity index (χ4v) is 3.41. The summed E-state index contributed by atoms with van der Waals surface area (Å²) < 4.78 is 28.3. The molecule has 0 amide bonds. The van der Waals surface area contributed by atoms with Gasteiger partial charge in [-0.15, -0.1) is 0 Å². The Hall–Kier alpha value is -0.170. The van der Waals surface area contributed by atoms with Crippen LogP contribution in [0.2, 0.25) is 0 Å². The van der Waals surface area contributed by atoms with Gasteiger partial charge in [-0.2, -0.15) is 0 Å². The largest absolute Gasteiger partial charge is 0.383 e. The smallest absolute Gasteiger partial charge is 0.151 e. The van der Waals surface area contributed by atoms with Crippen molar-refractivity contribution in [3.8, 4) is 0 Å². The molecule has 1 saturated heterocycles. The van der Waals surface area contributed by atoms with Crippen molar-refractivity contribution >= 4 is 9.84 Å². The molecule has 1 aliphatic heterocycles. The van der Waals surface area contributed by atoms with Crippen LogP contribution in [0.25, 0.3) is 0 Å². The average molecular weight is 264 g/mol. The first-order chi connectivity index (χ1) is 8.09. The van der Waals surface area contributed by atoms with Crippen molar-refractivity contribution in [3.05, 3.63) is 0 Å². The number of hydrogen-bond donors (Lipinski definition) is 1. The Morgan fingerprint density at radius 2 is 2.12 bits per heavy atom. The Morgan fingerprint density at radius 1 is 1.35 bits per heavy atom. The number of methoxy groups -OCH3 is 1. The van der Waals surface area contributed by atoms with Crippen molar-refractivity contribution in [2.24, 2.45) is 0 Å². The van der Waals surface area contributed by atoms with E-state index in [1.807, 2.05) is 0 Å². The highest BCUT2D eigenvalue weighted by molar-refractivity contribution is 7.91. The molecule has 1 aliphatic rings. The molecular weight excluding hydrogens is 240 g/mol. The normalized spacial score (nSPS) is 23.2. The van der Waals surface area contributed by atoms with Gasteiger partial charge in [0, 0.05) is 26.2 Å². The van der Waals surface area contributed by atoms with Crippen LogP contribution >= 0.6 is 0 Å². The quantitative estimate of drug-likeness (QED) is 0.716. The predicted octanol–water partition coefficient (Wildman–Crippen LogP) is -0.269. The lowest BCUT2D eigenvalue weighted by atomic mass is 10.2. The molecule has 0 bridgehead atoms. The minimum absolute atomic E-state index is 0.272. The van der Waals surface area contributed by atoms with E-state index in [-0.39, 0.29) is 11.8 Å². The summed E-state index contributed by atoms with van der Waals surface area (Å²) >= 11 is 0. The van der Waals surface area contributed by atoms with Crippen LogP contribution in [-0.4, -0.2) is 70.8 Å². The van der Waals surface area contributed by atoms with Crippen molar-refractivity contribution in [1.29, 1.82) is 0 Å². The summed E-state index contributed by atoms with van der Waals surface area (Å²) in [7, 11) is -1.14. The van der Waals surface area contributed by atoms with Gasteiger partial charge < -0.3 is 10.1 Å². The van der Waals surface area contributed by atoms with E-state index < -0.39 is 9.84 Å². The molecule has 0 aromatic rings. The van der Waals surface area contributed by atoms with Crippen molar-refractivity contribution < 1.29 is 13.2 Å². The number of nitrogens with zero attached hydrogens (tertiary/aromatic N) is 1. The average Bonchev–Trinajstić information content (AvgIpc) is 2.46. The summed E-state index contributed by atoms with van der Waals surface area (Å²) in [5.41, 5.74) is 0. The third-order valence-corrected chi connectivity index (χ3v) is 4.81. The molecule has 5 nitrogen and oxygen atoms in total. The zero-order valence-corrected chi connectivity index (χ0v) is 11.6. The molecule has 0 aliphatic carbocycles. The van der Waals surface area contributed by atoms with E-state index in [2.05, 4.69) is 17.1 Å². The van der Waals surface area contributed by atoms with E-state index in [1.165, 1.54) is 0 Å². The first-order valence-electron chi connectivity index (χ1n) is 6.23. The molecule has 1 unspecified atom stereocenters. The zero-order valence-electron chi connectivity index (χ0n) is 10.8. The Morgan fingerprint density at radius 3 is 2.76 bits per heavy atom. The number of ether oxygens (including phenoxy) is 1. The number of likely N-dealkylation sites (N-methyl/N-ethyl adjacent to an activating group) is 1. The Kier molecular flexibility index (Phi) is 6.40. The molecular formula is C11H24N2O3S. The maximum absolute atomic E-state index is 11.5. The SMILES string of the molecule is CCNCC(COC)N1CCCS(=O)(=O)CC1. The van der Waals surface area contributed by atoms with Crippen molar-refractivity contribution in [1.82, 2.24) is 10.2 Å². The standard InChI is InChI=1S/C11H24N2O3S/c1-3-12-9-11(10-16-2)13-5-4-7-17(14,15)8-6-13/h11-12H,3-10H2,1-2H3. The van der Waals surface area contributed by atoms with Crippen LogP contribution in [0, 0.1) is 0 Å². The number of nitrogens with one attached hydrogen (secondary N) is 1. The number of hydrogen-bond acceptors (Lipinski definition) is 5. The molecule has 1 heterocycles. The first kappa shape index (κ1) is 14.9. The summed E-state index contributed by atoms with van der Waals surface area (Å²) in [6.45, 7) is 5.96. The summed E-state index contributed by atoms with van der Waals surface area (Å²) in [5.74, 6) is 0.601. The van der Waals surface area contributed by atoms with E-state index in [0.717, 1.165) is 26.1 Å². The molecule has 1 atom stereocenters. The van der Waals surface area contributed by atoms with Gasteiger partial charge in [0.05, 0.1) is 18.1 Å². The minimum Gasteiger partial charge on any atom is -0.383 e. The predicted molar refractivity (Wildman–Crippen MR) is 69.1 cm³/mol. The van der Waals surface area contributed by atoms with Crippen LogP contribution in [0.15, 0.2) is 0 Å². The van der Waals surface area contributed by atoms with Crippen molar-refractivity contribution in [3.63, 3.8) is 0 Å². The molecule has 0 aromatic heterocycles. The van der Waals surface area contributed by atoms with Crippen LogP contribution in [0.1, 0.15) is 13.3 Å². The summed E-state index contributed by atoms with van der Waals surface area (Å²) in [6, 6.07) is 0.272. The van der Waals surface area contributed by atoms with E-state index in [9.17, 15) is 8.42 Å². The fraction of sp³-hybridized carbons (Fsp3) is 1.00.